The number of fused-ring (bicyclic) bond motifs is 1. The van der Waals surface area contributed by atoms with Crippen molar-refractivity contribution >= 4 is 11.0 Å². The molecular weight excluding hydrogens is 612 g/mol. The predicted molar refractivity (Wildman–Crippen MR) is 143 cm³/mol. The summed E-state index contributed by atoms with van der Waals surface area (Å²) >= 11 is 0. The normalized spacial score (nSPS) is 32.0. The molecule has 3 heterocycles. The SMILES string of the molecule is O=c1c(O[C@@H]2O[C@H](CO)[C@@H](O)[C@H](O)[C@H]2O)c(-c2cc(O)c(O)c(O)c2)oc2cc(O[C@@H]3O[C@H](CO)[C@H](O)[C@H](O)[C@H]3O)cc(O)c12. The van der Waals surface area contributed by atoms with Gasteiger partial charge in [0.05, 0.1) is 13.2 Å². The minimum atomic E-state index is -1.99. The quantitative estimate of drug-likeness (QED) is 0.112. The van der Waals surface area contributed by atoms with Gasteiger partial charge < -0.3 is 84.6 Å². The number of hydrogen-bond donors (Lipinski definition) is 12. The van der Waals surface area contributed by atoms with E-state index in [2.05, 4.69) is 0 Å². The third-order valence-corrected chi connectivity index (χ3v) is 7.42. The van der Waals surface area contributed by atoms with Crippen LogP contribution in [-0.4, -0.2) is 136 Å². The lowest BCUT2D eigenvalue weighted by Crippen LogP contribution is -2.60. The monoisotopic (exact) mass is 642 g/mol. The zero-order valence-corrected chi connectivity index (χ0v) is 22.8. The predicted octanol–water partition coefficient (Wildman–Crippen LogP) is -3.36. The van der Waals surface area contributed by atoms with Gasteiger partial charge in [-0.05, 0) is 12.1 Å². The molecule has 2 saturated heterocycles. The lowest BCUT2D eigenvalue weighted by Gasteiger charge is -2.39. The molecule has 45 heavy (non-hydrogen) atoms. The van der Waals surface area contributed by atoms with E-state index in [1.165, 1.54) is 0 Å². The van der Waals surface area contributed by atoms with Crippen LogP contribution in [0.25, 0.3) is 22.3 Å². The lowest BCUT2D eigenvalue weighted by molar-refractivity contribution is -0.277. The molecule has 0 amide bonds. The minimum Gasteiger partial charge on any atom is -0.507 e. The first-order valence-electron chi connectivity index (χ1n) is 13.3. The molecule has 0 spiro atoms. The van der Waals surface area contributed by atoms with E-state index in [9.17, 15) is 66.1 Å². The number of aliphatic hydroxyl groups is 8. The highest BCUT2D eigenvalue weighted by Crippen LogP contribution is 2.43. The maximum absolute atomic E-state index is 13.8. The van der Waals surface area contributed by atoms with Gasteiger partial charge in [0.2, 0.25) is 23.8 Å². The molecule has 0 saturated carbocycles. The third kappa shape index (κ3) is 5.79. The van der Waals surface area contributed by atoms with Crippen LogP contribution in [0.15, 0.2) is 33.5 Å². The van der Waals surface area contributed by atoms with E-state index in [-0.39, 0.29) is 11.3 Å². The fourth-order valence-corrected chi connectivity index (χ4v) is 4.94. The Bertz CT molecular complexity index is 1580. The van der Waals surface area contributed by atoms with Gasteiger partial charge in [0, 0.05) is 17.7 Å². The van der Waals surface area contributed by atoms with E-state index in [4.69, 9.17) is 23.4 Å². The first kappa shape index (κ1) is 32.4. The van der Waals surface area contributed by atoms with Crippen molar-refractivity contribution in [1.82, 2.24) is 0 Å². The Labute approximate surface area is 250 Å². The molecule has 18 nitrogen and oxygen atoms in total. The third-order valence-electron chi connectivity index (χ3n) is 7.42. The molecule has 2 aromatic carbocycles. The van der Waals surface area contributed by atoms with Gasteiger partial charge in [-0.25, -0.2) is 0 Å². The standard InChI is InChI=1S/C27H30O18/c28-5-13-17(34)20(37)22(39)26(43-13)41-8-3-9(30)15-12(4-8)42-24(7-1-10(31)16(33)11(32)2-7)25(19(15)36)45-27-23(40)21(38)18(35)14(6-29)44-27/h1-4,13-14,17-18,20-23,26-35,37-40H,5-6H2/t13-,14-,17+,18-,20+,21+,22-,23-,26-,27+/m1/s1. The van der Waals surface area contributed by atoms with Crippen LogP contribution in [0, 0.1) is 0 Å². The van der Waals surface area contributed by atoms with Gasteiger partial charge in [-0.15, -0.1) is 0 Å². The Morgan fingerprint density at radius 1 is 0.644 bits per heavy atom. The van der Waals surface area contributed by atoms with E-state index in [1.54, 1.807) is 0 Å². The van der Waals surface area contributed by atoms with Crippen LogP contribution in [0.1, 0.15) is 0 Å². The summed E-state index contributed by atoms with van der Waals surface area (Å²) in [5.74, 6) is -5.21. The van der Waals surface area contributed by atoms with Crippen LogP contribution >= 0.6 is 0 Å². The van der Waals surface area contributed by atoms with Crippen molar-refractivity contribution in [2.75, 3.05) is 13.2 Å². The number of phenolic OH excluding ortho intramolecular Hbond substituents is 4. The fourth-order valence-electron chi connectivity index (χ4n) is 4.94. The van der Waals surface area contributed by atoms with Crippen molar-refractivity contribution < 1.29 is 84.6 Å². The molecule has 2 fully saturated rings. The zero-order valence-electron chi connectivity index (χ0n) is 22.8. The second-order valence-corrected chi connectivity index (χ2v) is 10.4. The summed E-state index contributed by atoms with van der Waals surface area (Å²) in [4.78, 5) is 13.8. The van der Waals surface area contributed by atoms with Crippen LogP contribution in [0.5, 0.6) is 34.5 Å². The smallest absolute Gasteiger partial charge is 0.239 e. The number of aliphatic hydroxyl groups excluding tert-OH is 8. The Morgan fingerprint density at radius 3 is 1.67 bits per heavy atom. The van der Waals surface area contributed by atoms with E-state index < -0.39 is 126 Å². The molecule has 5 rings (SSSR count). The molecule has 0 radical (unpaired) electrons. The van der Waals surface area contributed by atoms with E-state index in [0.717, 1.165) is 24.3 Å². The molecular formula is C27H30O18. The maximum atomic E-state index is 13.8. The highest BCUT2D eigenvalue weighted by atomic mass is 16.7. The van der Waals surface area contributed by atoms with E-state index in [0.29, 0.717) is 0 Å². The Kier molecular flexibility index (Phi) is 8.97. The first-order valence-corrected chi connectivity index (χ1v) is 13.3. The topological polar surface area (TPSA) is 310 Å². The highest BCUT2D eigenvalue weighted by Gasteiger charge is 2.46. The van der Waals surface area contributed by atoms with Crippen molar-refractivity contribution in [3.63, 3.8) is 0 Å². The summed E-state index contributed by atoms with van der Waals surface area (Å²) in [5, 5.41) is 120. The van der Waals surface area contributed by atoms with Gasteiger partial charge >= 0.3 is 0 Å². The maximum Gasteiger partial charge on any atom is 0.239 e. The second kappa shape index (κ2) is 12.4. The van der Waals surface area contributed by atoms with Gasteiger partial charge in [-0.3, -0.25) is 4.79 Å². The van der Waals surface area contributed by atoms with E-state index >= 15 is 0 Å². The number of aromatic hydroxyl groups is 4. The molecule has 3 aromatic rings. The summed E-state index contributed by atoms with van der Waals surface area (Å²) in [6.07, 6.45) is -17.4. The molecule has 12 N–H and O–H groups in total. The van der Waals surface area contributed by atoms with Gasteiger partial charge in [0.1, 0.15) is 71.3 Å². The first-order chi connectivity index (χ1) is 21.3. The second-order valence-electron chi connectivity index (χ2n) is 10.4. The number of rotatable bonds is 7. The number of phenols is 4. The molecule has 0 bridgehead atoms. The van der Waals surface area contributed by atoms with Gasteiger partial charge in [0.15, 0.2) is 23.0 Å². The Balaban J connectivity index is 1.62. The molecule has 2 aliphatic heterocycles. The summed E-state index contributed by atoms with van der Waals surface area (Å²) in [7, 11) is 0. The Hall–Kier alpha value is -3.95. The van der Waals surface area contributed by atoms with E-state index in [1.807, 2.05) is 0 Å². The fraction of sp³-hybridized carbons (Fsp3) is 0.444. The summed E-state index contributed by atoms with van der Waals surface area (Å²) in [5.41, 5.74) is -1.89. The number of benzene rings is 2. The molecule has 10 atom stereocenters. The van der Waals surface area contributed by atoms with Crippen LogP contribution in [0.2, 0.25) is 0 Å². The average Bonchev–Trinajstić information content (AvgIpc) is 3.00. The van der Waals surface area contributed by atoms with Gasteiger partial charge in [0.25, 0.3) is 0 Å². The van der Waals surface area contributed by atoms with Crippen LogP contribution < -0.4 is 14.9 Å². The zero-order chi connectivity index (χ0) is 32.9. The van der Waals surface area contributed by atoms with Gasteiger partial charge in [-0.1, -0.05) is 0 Å². The molecule has 2 aliphatic rings. The minimum absolute atomic E-state index is 0.305. The molecule has 246 valence electrons. The van der Waals surface area contributed by atoms with Crippen molar-refractivity contribution in [2.24, 2.45) is 0 Å². The molecule has 0 aliphatic carbocycles. The number of ether oxygens (including phenoxy) is 4. The van der Waals surface area contributed by atoms with Crippen molar-refractivity contribution in [1.29, 1.82) is 0 Å². The van der Waals surface area contributed by atoms with Crippen molar-refractivity contribution in [2.45, 2.75) is 61.4 Å². The average molecular weight is 643 g/mol. The molecule has 1 aromatic heterocycles. The Morgan fingerprint density at radius 2 is 1.16 bits per heavy atom. The van der Waals surface area contributed by atoms with Crippen LogP contribution in [-0.2, 0) is 9.47 Å². The summed E-state index contributed by atoms with van der Waals surface area (Å²) < 4.78 is 27.5. The number of hydrogen-bond acceptors (Lipinski definition) is 18. The molecule has 0 unspecified atom stereocenters. The highest BCUT2D eigenvalue weighted by molar-refractivity contribution is 5.88. The lowest BCUT2D eigenvalue weighted by atomic mass is 9.99. The van der Waals surface area contributed by atoms with Crippen molar-refractivity contribution in [3.05, 3.63) is 34.5 Å². The summed E-state index contributed by atoms with van der Waals surface area (Å²) in [6.45, 7) is -1.59. The van der Waals surface area contributed by atoms with Crippen LogP contribution in [0.4, 0.5) is 0 Å². The molecule has 18 heteroatoms. The van der Waals surface area contributed by atoms with Crippen molar-refractivity contribution in [3.8, 4) is 45.8 Å². The van der Waals surface area contributed by atoms with Gasteiger partial charge in [-0.2, -0.15) is 0 Å². The van der Waals surface area contributed by atoms with Crippen LogP contribution in [0.3, 0.4) is 0 Å². The summed E-state index contributed by atoms with van der Waals surface area (Å²) in [6, 6.07) is 3.62. The largest absolute Gasteiger partial charge is 0.507 e.